The van der Waals surface area contributed by atoms with E-state index in [2.05, 4.69) is 4.98 Å². The van der Waals surface area contributed by atoms with Crippen LogP contribution < -0.4 is 20.5 Å². The lowest BCUT2D eigenvalue weighted by molar-refractivity contribution is 0.174. The van der Waals surface area contributed by atoms with Crippen LogP contribution in [0, 0.1) is 6.92 Å². The van der Waals surface area contributed by atoms with Crippen molar-refractivity contribution in [1.29, 1.82) is 0 Å². The van der Waals surface area contributed by atoms with Gasteiger partial charge in [-0.1, -0.05) is 23.7 Å². The molecule has 4 heterocycles. The number of aromatic nitrogens is 1. The van der Waals surface area contributed by atoms with E-state index in [1.807, 2.05) is 23.6 Å². The molecule has 7 nitrogen and oxygen atoms in total. The number of hydrogen-bond donors (Lipinski definition) is 0. The van der Waals surface area contributed by atoms with Gasteiger partial charge in [0.15, 0.2) is 11.5 Å². The molecule has 6 aromatic rings. The highest BCUT2D eigenvalue weighted by atomic mass is 35.5. The van der Waals surface area contributed by atoms with E-state index in [0.717, 1.165) is 5.56 Å². The first-order valence-electron chi connectivity index (χ1n) is 11.6. The van der Waals surface area contributed by atoms with Gasteiger partial charge in [0.1, 0.15) is 21.9 Å². The first-order valence-corrected chi connectivity index (χ1v) is 12.9. The Morgan fingerprint density at radius 1 is 0.868 bits per heavy atom. The first-order chi connectivity index (χ1) is 18.5. The summed E-state index contributed by atoms with van der Waals surface area (Å²) in [5.74, 6) is 1.78. The number of aryl methyl sites for hydroxylation is 1. The van der Waals surface area contributed by atoms with Crippen LogP contribution in [0.3, 0.4) is 0 Å². The van der Waals surface area contributed by atoms with E-state index in [0.29, 0.717) is 66.0 Å². The summed E-state index contributed by atoms with van der Waals surface area (Å²) in [7, 11) is 0. The molecule has 0 fully saturated rings. The van der Waals surface area contributed by atoms with E-state index >= 15 is 0 Å². The third-order valence-corrected chi connectivity index (χ3v) is 7.61. The van der Waals surface area contributed by atoms with Crippen molar-refractivity contribution in [3.8, 4) is 44.5 Å². The molecule has 0 saturated heterocycles. The molecule has 3 aromatic carbocycles. The quantitative estimate of drug-likeness (QED) is 0.175. The lowest BCUT2D eigenvalue weighted by Gasteiger charge is -2.09. The van der Waals surface area contributed by atoms with Crippen LogP contribution in [-0.4, -0.2) is 11.8 Å². The second-order valence-corrected chi connectivity index (χ2v) is 10.1. The van der Waals surface area contributed by atoms with Crippen LogP contribution in [0.25, 0.3) is 54.9 Å². The summed E-state index contributed by atoms with van der Waals surface area (Å²) in [6, 6.07) is 17.5. The minimum absolute atomic E-state index is 0.180. The summed E-state index contributed by atoms with van der Waals surface area (Å²) in [4.78, 5) is 31.1. The minimum atomic E-state index is -0.528. The maximum absolute atomic E-state index is 13.5. The Morgan fingerprint density at radius 3 is 2.50 bits per heavy atom. The monoisotopic (exact) mass is 541 g/mol. The summed E-state index contributed by atoms with van der Waals surface area (Å²) >= 11 is 7.34. The second kappa shape index (κ2) is 8.58. The second-order valence-electron chi connectivity index (χ2n) is 8.78. The third-order valence-electron chi connectivity index (χ3n) is 6.48. The van der Waals surface area contributed by atoms with Crippen molar-refractivity contribution in [3.63, 3.8) is 0 Å². The molecule has 0 bridgehead atoms. The molecule has 1 aliphatic rings. The topological polar surface area (TPSA) is 91.8 Å². The molecule has 0 spiro atoms. The van der Waals surface area contributed by atoms with Crippen molar-refractivity contribution in [2.75, 3.05) is 6.79 Å². The summed E-state index contributed by atoms with van der Waals surface area (Å²) in [5, 5.41) is 3.83. The number of hydrogen-bond acceptors (Lipinski definition) is 8. The molecule has 186 valence electrons. The number of ether oxygens (including phenoxy) is 2. The minimum Gasteiger partial charge on any atom is -0.460 e. The standard InChI is InChI=1S/C29H16ClNO6S/c1-14-25(15-2-5-17(30)6-3-15)26(32)18-7-9-22-19(27(18)36-14)11-20(29(33)37-22)28-31-21(12-38-28)16-4-8-23-24(10-16)35-13-34-23/h2-12H,13H2,1H3. The van der Waals surface area contributed by atoms with E-state index in [-0.39, 0.29) is 17.8 Å². The van der Waals surface area contributed by atoms with E-state index in [4.69, 9.17) is 29.9 Å². The predicted octanol–water partition coefficient (Wildman–Crippen LogP) is 7.05. The van der Waals surface area contributed by atoms with Crippen molar-refractivity contribution in [1.82, 2.24) is 4.98 Å². The average Bonchev–Trinajstić information content (AvgIpc) is 3.59. The summed E-state index contributed by atoms with van der Waals surface area (Å²) < 4.78 is 22.7. The first kappa shape index (κ1) is 22.8. The van der Waals surface area contributed by atoms with Crippen LogP contribution >= 0.6 is 22.9 Å². The third kappa shape index (κ3) is 3.60. The highest BCUT2D eigenvalue weighted by molar-refractivity contribution is 7.13. The van der Waals surface area contributed by atoms with Crippen LogP contribution in [0.15, 0.2) is 84.5 Å². The number of rotatable bonds is 3. The van der Waals surface area contributed by atoms with Crippen molar-refractivity contribution in [2.45, 2.75) is 6.92 Å². The molecule has 0 atom stereocenters. The van der Waals surface area contributed by atoms with Gasteiger partial charge in [-0.05, 0) is 61.0 Å². The molecule has 0 radical (unpaired) electrons. The van der Waals surface area contributed by atoms with E-state index < -0.39 is 5.63 Å². The number of nitrogens with zero attached hydrogens (tertiary/aromatic N) is 1. The van der Waals surface area contributed by atoms with Gasteiger partial charge in [0.25, 0.3) is 0 Å². The molecule has 3 aromatic heterocycles. The zero-order valence-electron chi connectivity index (χ0n) is 19.7. The van der Waals surface area contributed by atoms with Crippen molar-refractivity contribution >= 4 is 44.9 Å². The predicted molar refractivity (Wildman–Crippen MR) is 146 cm³/mol. The largest absolute Gasteiger partial charge is 0.460 e. The number of thiazole rings is 1. The maximum Gasteiger partial charge on any atom is 0.346 e. The van der Waals surface area contributed by atoms with Crippen LogP contribution in [0.5, 0.6) is 11.5 Å². The Balaban J connectivity index is 1.37. The van der Waals surface area contributed by atoms with Crippen LogP contribution in [0.4, 0.5) is 0 Å². The van der Waals surface area contributed by atoms with Gasteiger partial charge >= 0.3 is 5.63 Å². The molecule has 0 saturated carbocycles. The summed E-state index contributed by atoms with van der Waals surface area (Å²) in [5.41, 5.74) is 2.94. The van der Waals surface area contributed by atoms with Crippen molar-refractivity contribution in [3.05, 3.63) is 97.5 Å². The lowest BCUT2D eigenvalue weighted by Crippen LogP contribution is -2.08. The van der Waals surface area contributed by atoms with Gasteiger partial charge in [0.2, 0.25) is 12.2 Å². The molecule has 0 aliphatic carbocycles. The zero-order chi connectivity index (χ0) is 26.0. The Bertz CT molecular complexity index is 2020. The normalized spacial score (nSPS) is 12.5. The average molecular weight is 542 g/mol. The van der Waals surface area contributed by atoms with E-state index in [1.54, 1.807) is 49.4 Å². The Kier molecular flexibility index (Phi) is 5.14. The number of halogens is 1. The van der Waals surface area contributed by atoms with Crippen molar-refractivity contribution in [2.24, 2.45) is 0 Å². The molecular formula is C29H16ClNO6S. The van der Waals surface area contributed by atoms with Gasteiger partial charge in [-0.2, -0.15) is 0 Å². The number of benzene rings is 3. The van der Waals surface area contributed by atoms with Crippen molar-refractivity contribution < 1.29 is 18.3 Å². The van der Waals surface area contributed by atoms with Gasteiger partial charge in [0.05, 0.1) is 27.6 Å². The fourth-order valence-electron chi connectivity index (χ4n) is 4.64. The van der Waals surface area contributed by atoms with Gasteiger partial charge in [0, 0.05) is 16.0 Å². The number of fused-ring (bicyclic) bond motifs is 4. The summed E-state index contributed by atoms with van der Waals surface area (Å²) in [6.45, 7) is 1.92. The van der Waals surface area contributed by atoms with Crippen LogP contribution in [0.1, 0.15) is 5.76 Å². The van der Waals surface area contributed by atoms with Gasteiger partial charge in [-0.3, -0.25) is 4.79 Å². The smallest absolute Gasteiger partial charge is 0.346 e. The van der Waals surface area contributed by atoms with Gasteiger partial charge in [-0.25, -0.2) is 9.78 Å². The van der Waals surface area contributed by atoms with Gasteiger partial charge in [-0.15, -0.1) is 11.3 Å². The van der Waals surface area contributed by atoms with Gasteiger partial charge < -0.3 is 18.3 Å². The molecule has 9 heteroatoms. The van der Waals surface area contributed by atoms with Crippen LogP contribution in [0.2, 0.25) is 5.02 Å². The highest BCUT2D eigenvalue weighted by Crippen LogP contribution is 2.37. The summed E-state index contributed by atoms with van der Waals surface area (Å²) in [6.07, 6.45) is 0. The molecule has 38 heavy (non-hydrogen) atoms. The highest BCUT2D eigenvalue weighted by Gasteiger charge is 2.20. The molecular weight excluding hydrogens is 526 g/mol. The Labute approximate surface area is 223 Å². The maximum atomic E-state index is 13.5. The molecule has 1 aliphatic heterocycles. The fourth-order valence-corrected chi connectivity index (χ4v) is 5.60. The Morgan fingerprint density at radius 2 is 1.66 bits per heavy atom. The Hall–Kier alpha value is -4.40. The SMILES string of the molecule is Cc1oc2c(ccc3oc(=O)c(-c4nc(-c5ccc6c(c5)OCO6)cs4)cc32)c(=O)c1-c1ccc(Cl)cc1. The fraction of sp³-hybridized carbons (Fsp3) is 0.0690. The lowest BCUT2D eigenvalue weighted by atomic mass is 10.0. The van der Waals surface area contributed by atoms with E-state index in [9.17, 15) is 9.59 Å². The zero-order valence-corrected chi connectivity index (χ0v) is 21.3. The van der Waals surface area contributed by atoms with E-state index in [1.165, 1.54) is 11.3 Å². The van der Waals surface area contributed by atoms with Crippen LogP contribution in [-0.2, 0) is 0 Å². The molecule has 7 rings (SSSR count). The molecule has 0 unspecified atom stereocenters. The molecule has 0 N–H and O–H groups in total. The molecule has 0 amide bonds.